The smallest absolute Gasteiger partial charge is 0.252 e. The SMILES string of the molecule is [2H]C(C)(C)c1cc2c3c(c1)N(c1ccc(C(C)(C)C)cc1)c1ccc(C(C)(C)C)cc1B3c1cc(CCC)ccc1N2c1ccc(CCC)cc1. The molecule has 0 aromatic heterocycles. The van der Waals surface area contributed by atoms with Crippen LogP contribution >= 0.6 is 0 Å². The van der Waals surface area contributed by atoms with Crippen LogP contribution in [0.2, 0.25) is 0 Å². The van der Waals surface area contributed by atoms with Gasteiger partial charge >= 0.3 is 0 Å². The minimum Gasteiger partial charge on any atom is -0.311 e. The van der Waals surface area contributed by atoms with Crippen molar-refractivity contribution < 1.29 is 1.37 Å². The van der Waals surface area contributed by atoms with E-state index in [1.54, 1.807) is 0 Å². The Labute approximate surface area is 304 Å². The molecular formula is C47H55BN2. The second kappa shape index (κ2) is 12.8. The van der Waals surface area contributed by atoms with Gasteiger partial charge in [0.2, 0.25) is 0 Å². The second-order valence-electron chi connectivity index (χ2n) is 16.9. The van der Waals surface area contributed by atoms with Crippen molar-refractivity contribution >= 4 is 57.2 Å². The van der Waals surface area contributed by atoms with Gasteiger partial charge in [-0.15, -0.1) is 0 Å². The molecule has 2 aliphatic rings. The summed E-state index contributed by atoms with van der Waals surface area (Å²) < 4.78 is 9.37. The van der Waals surface area contributed by atoms with Crippen molar-refractivity contribution in [3.63, 3.8) is 0 Å². The van der Waals surface area contributed by atoms with Gasteiger partial charge in [0.25, 0.3) is 6.71 Å². The quantitative estimate of drug-likeness (QED) is 0.157. The molecule has 0 atom stereocenters. The molecule has 0 fully saturated rings. The van der Waals surface area contributed by atoms with Crippen molar-refractivity contribution in [3.8, 4) is 0 Å². The van der Waals surface area contributed by atoms with E-state index >= 15 is 0 Å². The molecule has 0 N–H and O–H groups in total. The van der Waals surface area contributed by atoms with E-state index in [1.807, 2.05) is 13.8 Å². The summed E-state index contributed by atoms with van der Waals surface area (Å²) in [5.74, 6) is -0.791. The van der Waals surface area contributed by atoms with Crippen molar-refractivity contribution in [1.82, 2.24) is 0 Å². The Morgan fingerprint density at radius 2 is 1.02 bits per heavy atom. The maximum absolute atomic E-state index is 9.37. The van der Waals surface area contributed by atoms with Crippen LogP contribution in [-0.4, -0.2) is 6.71 Å². The molecule has 7 rings (SSSR count). The molecule has 2 aliphatic heterocycles. The first kappa shape index (κ1) is 32.9. The molecule has 2 heterocycles. The lowest BCUT2D eigenvalue weighted by atomic mass is 9.33. The van der Waals surface area contributed by atoms with Crippen molar-refractivity contribution in [3.05, 3.63) is 125 Å². The van der Waals surface area contributed by atoms with Crippen molar-refractivity contribution in [2.45, 2.75) is 112 Å². The van der Waals surface area contributed by atoms with Crippen LogP contribution in [0.5, 0.6) is 0 Å². The summed E-state index contributed by atoms with van der Waals surface area (Å²) in [4.78, 5) is 4.98. The standard InChI is InChI=1S/C47H55BN2/c1-11-13-32-15-21-37(22-16-32)49-41-25-17-33(14-12-2)27-39(41)48-40-30-36(47(8,9)10)20-26-42(40)50(38-23-18-35(19-24-38)46(5,6)7)44-29-34(31(3)4)28-43(49)45(44)48/h15-31H,11-14H2,1-10H3/i31D. The van der Waals surface area contributed by atoms with Crippen molar-refractivity contribution in [2.75, 3.05) is 9.80 Å². The molecular weight excluding hydrogens is 603 g/mol. The van der Waals surface area contributed by atoms with E-state index in [-0.39, 0.29) is 17.5 Å². The van der Waals surface area contributed by atoms with E-state index in [2.05, 4.69) is 162 Å². The average Bonchev–Trinajstić information content (AvgIpc) is 3.07. The third-order valence-corrected chi connectivity index (χ3v) is 10.8. The van der Waals surface area contributed by atoms with Crippen LogP contribution in [0.25, 0.3) is 0 Å². The fourth-order valence-corrected chi connectivity index (χ4v) is 8.02. The molecule has 0 aliphatic carbocycles. The summed E-state index contributed by atoms with van der Waals surface area (Å²) in [6, 6.07) is 37.4. The van der Waals surface area contributed by atoms with E-state index in [0.29, 0.717) is 0 Å². The zero-order chi connectivity index (χ0) is 36.5. The van der Waals surface area contributed by atoms with Gasteiger partial charge in [0.15, 0.2) is 0 Å². The van der Waals surface area contributed by atoms with Crippen LogP contribution < -0.4 is 26.2 Å². The molecule has 0 radical (unpaired) electrons. The Balaban J connectivity index is 1.59. The molecule has 5 aromatic rings. The third-order valence-electron chi connectivity index (χ3n) is 10.8. The van der Waals surface area contributed by atoms with E-state index in [9.17, 15) is 1.37 Å². The molecule has 5 aromatic carbocycles. The first-order chi connectivity index (χ1) is 24.1. The fraction of sp³-hybridized carbons (Fsp3) is 0.362. The Bertz CT molecular complexity index is 2070. The summed E-state index contributed by atoms with van der Waals surface area (Å²) in [6.45, 7) is 22.4. The second-order valence-corrected chi connectivity index (χ2v) is 16.9. The zero-order valence-corrected chi connectivity index (χ0v) is 32.0. The molecule has 0 unspecified atom stereocenters. The van der Waals surface area contributed by atoms with Crippen molar-refractivity contribution in [1.29, 1.82) is 0 Å². The summed E-state index contributed by atoms with van der Waals surface area (Å²) in [7, 11) is 0. The first-order valence-corrected chi connectivity index (χ1v) is 18.9. The normalized spacial score (nSPS) is 14.3. The number of aryl methyl sites for hydroxylation is 2. The maximum Gasteiger partial charge on any atom is 0.252 e. The van der Waals surface area contributed by atoms with Gasteiger partial charge in [0.1, 0.15) is 0 Å². The van der Waals surface area contributed by atoms with Crippen LogP contribution in [0.4, 0.5) is 34.1 Å². The van der Waals surface area contributed by atoms with Crippen LogP contribution in [0.15, 0.2) is 97.1 Å². The van der Waals surface area contributed by atoms with E-state index in [1.165, 1.54) is 61.4 Å². The predicted molar refractivity (Wildman–Crippen MR) is 220 cm³/mol. The number of nitrogens with zero attached hydrogens (tertiary/aromatic N) is 2. The first-order valence-electron chi connectivity index (χ1n) is 19.4. The highest BCUT2D eigenvalue weighted by Crippen LogP contribution is 2.46. The molecule has 50 heavy (non-hydrogen) atoms. The third kappa shape index (κ3) is 5.97. The van der Waals surface area contributed by atoms with Gasteiger partial charge in [0, 0.05) is 35.5 Å². The van der Waals surface area contributed by atoms with E-state index in [4.69, 9.17) is 0 Å². The van der Waals surface area contributed by atoms with Crippen LogP contribution in [0.3, 0.4) is 0 Å². The van der Waals surface area contributed by atoms with Gasteiger partial charge in [-0.05, 0) is 122 Å². The molecule has 0 saturated carbocycles. The van der Waals surface area contributed by atoms with Crippen LogP contribution in [0.1, 0.15) is 117 Å². The monoisotopic (exact) mass is 659 g/mol. The lowest BCUT2D eigenvalue weighted by molar-refractivity contribution is 0.590. The lowest BCUT2D eigenvalue weighted by Crippen LogP contribution is -2.61. The Morgan fingerprint density at radius 3 is 1.54 bits per heavy atom. The van der Waals surface area contributed by atoms with Gasteiger partial charge in [-0.25, -0.2) is 0 Å². The van der Waals surface area contributed by atoms with E-state index in [0.717, 1.165) is 42.6 Å². The van der Waals surface area contributed by atoms with Gasteiger partial charge in [-0.1, -0.05) is 131 Å². The summed E-state index contributed by atoms with van der Waals surface area (Å²) in [5, 5.41) is 0. The Hall–Kier alpha value is -4.24. The maximum atomic E-state index is 9.37. The number of fused-ring (bicyclic) bond motifs is 4. The number of benzene rings is 5. The molecule has 0 bridgehead atoms. The summed E-state index contributed by atoms with van der Waals surface area (Å²) in [5.41, 5.74) is 17.6. The highest BCUT2D eigenvalue weighted by atomic mass is 15.2. The number of anilines is 6. The van der Waals surface area contributed by atoms with Gasteiger partial charge in [-0.3, -0.25) is 0 Å². The molecule has 0 amide bonds. The molecule has 2 nitrogen and oxygen atoms in total. The predicted octanol–water partition coefficient (Wildman–Crippen LogP) is 11.4. The summed E-state index contributed by atoms with van der Waals surface area (Å²) in [6.07, 6.45) is 4.37. The molecule has 0 saturated heterocycles. The number of rotatable bonds is 7. The lowest BCUT2D eigenvalue weighted by Gasteiger charge is -2.45. The molecule has 3 heteroatoms. The number of hydrogen-bond donors (Lipinski definition) is 0. The molecule has 0 spiro atoms. The van der Waals surface area contributed by atoms with Crippen LogP contribution in [-0.2, 0) is 23.7 Å². The van der Waals surface area contributed by atoms with E-state index < -0.39 is 5.89 Å². The van der Waals surface area contributed by atoms with Crippen molar-refractivity contribution in [2.24, 2.45) is 0 Å². The minimum absolute atomic E-state index is 0.00422. The fourth-order valence-electron chi connectivity index (χ4n) is 8.02. The van der Waals surface area contributed by atoms with Gasteiger partial charge in [0.05, 0.1) is 0 Å². The Morgan fingerprint density at radius 1 is 0.560 bits per heavy atom. The highest BCUT2D eigenvalue weighted by molar-refractivity contribution is 7.00. The summed E-state index contributed by atoms with van der Waals surface area (Å²) >= 11 is 0. The van der Waals surface area contributed by atoms with Crippen LogP contribution in [0, 0.1) is 0 Å². The topological polar surface area (TPSA) is 6.48 Å². The average molecular weight is 660 g/mol. The van der Waals surface area contributed by atoms with Gasteiger partial charge < -0.3 is 9.80 Å². The Kier molecular flexibility index (Phi) is 8.45. The largest absolute Gasteiger partial charge is 0.311 e. The molecule has 256 valence electrons. The zero-order valence-electron chi connectivity index (χ0n) is 33.0. The highest BCUT2D eigenvalue weighted by Gasteiger charge is 2.44. The van der Waals surface area contributed by atoms with Gasteiger partial charge in [-0.2, -0.15) is 0 Å². The number of hydrogen-bond acceptors (Lipinski definition) is 2. The minimum atomic E-state index is -0.791.